The Labute approximate surface area is 160 Å². The molecule has 148 valence electrons. The molecule has 0 aliphatic heterocycles. The smallest absolute Gasteiger partial charge is 0.416 e. The van der Waals surface area contributed by atoms with Crippen LogP contribution in [-0.4, -0.2) is 31.4 Å². The molecule has 1 N–H and O–H groups in total. The van der Waals surface area contributed by atoms with E-state index in [1.54, 1.807) is 31.4 Å². The predicted octanol–water partition coefficient (Wildman–Crippen LogP) is 4.80. The number of methoxy groups -OCH3 is 1. The fourth-order valence-corrected chi connectivity index (χ4v) is 2.40. The quantitative estimate of drug-likeness (QED) is 0.398. The molecule has 0 amide bonds. The van der Waals surface area contributed by atoms with Crippen LogP contribution in [0.1, 0.15) is 16.7 Å². The maximum atomic E-state index is 12.8. The third-order valence-electron chi connectivity index (χ3n) is 3.75. The molecule has 0 atom stereocenters. The molecule has 2 aromatic rings. The minimum Gasteiger partial charge on any atom is -0.491 e. The Balaban J connectivity index is 2.33. The van der Waals surface area contributed by atoms with Gasteiger partial charge in [0, 0.05) is 13.2 Å². The molecule has 28 heavy (non-hydrogen) atoms. The highest BCUT2D eigenvalue weighted by molar-refractivity contribution is 5.84. The zero-order valence-corrected chi connectivity index (χ0v) is 15.1. The second-order valence-electron chi connectivity index (χ2n) is 5.72. The van der Waals surface area contributed by atoms with Crippen LogP contribution in [0.5, 0.6) is 5.75 Å². The van der Waals surface area contributed by atoms with Gasteiger partial charge in [-0.05, 0) is 41.0 Å². The van der Waals surface area contributed by atoms with Gasteiger partial charge in [0.2, 0.25) is 0 Å². The summed E-state index contributed by atoms with van der Waals surface area (Å²) in [6.07, 6.45) is -0.602. The maximum absolute atomic E-state index is 12.8. The summed E-state index contributed by atoms with van der Waals surface area (Å²) >= 11 is 0. The first kappa shape index (κ1) is 21.2. The average Bonchev–Trinajstić information content (AvgIpc) is 2.65. The van der Waals surface area contributed by atoms with Gasteiger partial charge in [0.15, 0.2) is 0 Å². The van der Waals surface area contributed by atoms with E-state index in [4.69, 9.17) is 14.6 Å². The van der Waals surface area contributed by atoms with Gasteiger partial charge in [-0.3, -0.25) is 0 Å². The zero-order chi connectivity index (χ0) is 20.6. The molecule has 0 aromatic heterocycles. The van der Waals surface area contributed by atoms with Gasteiger partial charge in [0.1, 0.15) is 12.4 Å². The third kappa shape index (κ3) is 6.28. The lowest BCUT2D eigenvalue weighted by molar-refractivity contribution is -0.137. The van der Waals surface area contributed by atoms with Crippen LogP contribution in [-0.2, 0) is 15.7 Å². The van der Waals surface area contributed by atoms with E-state index in [2.05, 4.69) is 0 Å². The average molecular weight is 392 g/mol. The summed E-state index contributed by atoms with van der Waals surface area (Å²) in [4.78, 5) is 10.7. The Morgan fingerprint density at radius 3 is 2.07 bits per heavy atom. The van der Waals surface area contributed by atoms with Crippen LogP contribution < -0.4 is 4.74 Å². The van der Waals surface area contributed by atoms with Gasteiger partial charge < -0.3 is 14.6 Å². The van der Waals surface area contributed by atoms with Gasteiger partial charge in [0.05, 0.1) is 12.2 Å². The SMILES string of the molecule is COCCOc1ccc(C(=CC=CC(=O)O)c2ccc(C(F)(F)F)cc2)cc1. The van der Waals surface area contributed by atoms with Crippen molar-refractivity contribution in [2.45, 2.75) is 6.18 Å². The van der Waals surface area contributed by atoms with Crippen LogP contribution in [0.4, 0.5) is 13.2 Å². The van der Waals surface area contributed by atoms with Gasteiger partial charge in [-0.25, -0.2) is 4.79 Å². The number of alkyl halides is 3. The van der Waals surface area contributed by atoms with E-state index < -0.39 is 17.7 Å². The van der Waals surface area contributed by atoms with Gasteiger partial charge in [-0.2, -0.15) is 13.2 Å². The molecule has 0 aliphatic carbocycles. The van der Waals surface area contributed by atoms with Crippen molar-refractivity contribution in [2.75, 3.05) is 20.3 Å². The van der Waals surface area contributed by atoms with E-state index in [0.29, 0.717) is 35.7 Å². The van der Waals surface area contributed by atoms with E-state index in [0.717, 1.165) is 18.2 Å². The summed E-state index contributed by atoms with van der Waals surface area (Å²) in [5.74, 6) is -0.501. The minimum absolute atomic E-state index is 0.388. The number of carbonyl (C=O) groups is 1. The van der Waals surface area contributed by atoms with E-state index in [-0.39, 0.29) is 0 Å². The monoisotopic (exact) mass is 392 g/mol. The van der Waals surface area contributed by atoms with Crippen LogP contribution in [0, 0.1) is 0 Å². The molecular weight excluding hydrogens is 373 g/mol. The van der Waals surface area contributed by atoms with Crippen molar-refractivity contribution >= 4 is 11.5 Å². The number of allylic oxidation sites excluding steroid dienone is 2. The second kappa shape index (κ2) is 9.75. The molecule has 2 aromatic carbocycles. The lowest BCUT2D eigenvalue weighted by atomic mass is 9.96. The molecule has 7 heteroatoms. The number of aliphatic carboxylic acids is 1. The Hall–Kier alpha value is -3.06. The molecule has 0 unspecified atom stereocenters. The van der Waals surface area contributed by atoms with E-state index >= 15 is 0 Å². The summed E-state index contributed by atoms with van der Waals surface area (Å²) in [5, 5.41) is 8.76. The summed E-state index contributed by atoms with van der Waals surface area (Å²) < 4.78 is 48.8. The second-order valence-corrected chi connectivity index (χ2v) is 5.72. The minimum atomic E-state index is -4.42. The topological polar surface area (TPSA) is 55.8 Å². The van der Waals surface area contributed by atoms with Crippen molar-refractivity contribution in [2.24, 2.45) is 0 Å². The largest absolute Gasteiger partial charge is 0.491 e. The highest BCUT2D eigenvalue weighted by Crippen LogP contribution is 2.31. The van der Waals surface area contributed by atoms with Gasteiger partial charge in [-0.1, -0.05) is 36.4 Å². The molecule has 0 fully saturated rings. The third-order valence-corrected chi connectivity index (χ3v) is 3.75. The molecule has 0 spiro atoms. The van der Waals surface area contributed by atoms with Crippen molar-refractivity contribution < 1.29 is 32.5 Å². The van der Waals surface area contributed by atoms with Crippen LogP contribution in [0.2, 0.25) is 0 Å². The molecule has 2 rings (SSSR count). The number of hydrogen-bond donors (Lipinski definition) is 1. The summed E-state index contributed by atoms with van der Waals surface area (Å²) in [7, 11) is 1.57. The number of carboxylic acids is 1. The molecule has 0 saturated carbocycles. The van der Waals surface area contributed by atoms with Crippen molar-refractivity contribution in [1.82, 2.24) is 0 Å². The normalized spacial score (nSPS) is 12.4. The fourth-order valence-electron chi connectivity index (χ4n) is 2.40. The van der Waals surface area contributed by atoms with Crippen LogP contribution in [0.15, 0.2) is 66.8 Å². The number of ether oxygens (including phenoxy) is 2. The predicted molar refractivity (Wildman–Crippen MR) is 99.1 cm³/mol. The van der Waals surface area contributed by atoms with Gasteiger partial charge in [-0.15, -0.1) is 0 Å². The number of rotatable bonds is 8. The number of carboxylic acid groups (broad SMARTS) is 1. The lowest BCUT2D eigenvalue weighted by Crippen LogP contribution is -2.04. The van der Waals surface area contributed by atoms with Crippen molar-refractivity contribution in [3.63, 3.8) is 0 Å². The van der Waals surface area contributed by atoms with Crippen LogP contribution in [0.25, 0.3) is 5.57 Å². The number of halogens is 3. The number of hydrogen-bond acceptors (Lipinski definition) is 3. The van der Waals surface area contributed by atoms with E-state index in [9.17, 15) is 18.0 Å². The Kier molecular flexibility index (Phi) is 7.40. The molecule has 4 nitrogen and oxygen atoms in total. The number of benzene rings is 2. The van der Waals surface area contributed by atoms with Crippen molar-refractivity contribution in [3.8, 4) is 5.75 Å². The maximum Gasteiger partial charge on any atom is 0.416 e. The lowest BCUT2D eigenvalue weighted by Gasteiger charge is -2.12. The highest BCUT2D eigenvalue weighted by atomic mass is 19.4. The molecule has 0 radical (unpaired) electrons. The highest BCUT2D eigenvalue weighted by Gasteiger charge is 2.30. The summed E-state index contributed by atoms with van der Waals surface area (Å²) in [6, 6.07) is 11.6. The first-order chi connectivity index (χ1) is 13.3. The van der Waals surface area contributed by atoms with Gasteiger partial charge in [0.25, 0.3) is 0 Å². The molecule has 0 aliphatic rings. The zero-order valence-electron chi connectivity index (χ0n) is 15.1. The fraction of sp³-hybridized carbons (Fsp3) is 0.190. The molecular formula is C21H19F3O4. The van der Waals surface area contributed by atoms with Gasteiger partial charge >= 0.3 is 12.1 Å². The van der Waals surface area contributed by atoms with E-state index in [1.807, 2.05) is 0 Å². The molecule has 0 heterocycles. The molecule has 0 bridgehead atoms. The first-order valence-electron chi connectivity index (χ1n) is 8.32. The van der Waals surface area contributed by atoms with Crippen molar-refractivity contribution in [3.05, 3.63) is 83.4 Å². The Morgan fingerprint density at radius 1 is 1.00 bits per heavy atom. The van der Waals surface area contributed by atoms with Crippen molar-refractivity contribution in [1.29, 1.82) is 0 Å². The first-order valence-corrected chi connectivity index (χ1v) is 8.32. The summed E-state index contributed by atoms with van der Waals surface area (Å²) in [6.45, 7) is 0.831. The van der Waals surface area contributed by atoms with E-state index in [1.165, 1.54) is 24.3 Å². The Bertz CT molecular complexity index is 835. The van der Waals surface area contributed by atoms with Crippen LogP contribution >= 0.6 is 0 Å². The Morgan fingerprint density at radius 2 is 1.57 bits per heavy atom. The van der Waals surface area contributed by atoms with Crippen LogP contribution in [0.3, 0.4) is 0 Å². The summed E-state index contributed by atoms with van der Waals surface area (Å²) in [5.41, 5.74) is 1.05. The standard InChI is InChI=1S/C21H19F3O4/c1-27-13-14-28-18-11-7-16(8-12-18)19(3-2-4-20(25)26)15-5-9-17(10-6-15)21(22,23)24/h2-12H,13-14H2,1H3,(H,25,26). The molecule has 0 saturated heterocycles.